The van der Waals surface area contributed by atoms with Gasteiger partial charge in [0.25, 0.3) is 0 Å². The van der Waals surface area contributed by atoms with Gasteiger partial charge in [0.2, 0.25) is 0 Å². The van der Waals surface area contributed by atoms with Gasteiger partial charge in [0.05, 0.1) is 16.8 Å². The first-order valence-corrected chi connectivity index (χ1v) is 7.22. The summed E-state index contributed by atoms with van der Waals surface area (Å²) in [5, 5.41) is 3.61. The summed E-state index contributed by atoms with van der Waals surface area (Å²) in [7, 11) is 0. The number of rotatable bonds is 2. The van der Waals surface area contributed by atoms with E-state index >= 15 is 0 Å². The van der Waals surface area contributed by atoms with E-state index < -0.39 is 11.7 Å². The standard InChI is InChI=1S/C16H10BrF3N2/c17-10-5-6-13-11(9-10)14(7-8-21-13)22-15-4-2-1-3-12(15)16(18,19)20/h1-9H,(H,21,22). The Morgan fingerprint density at radius 1 is 0.955 bits per heavy atom. The second-order valence-corrected chi connectivity index (χ2v) is 5.60. The Balaban J connectivity index is 2.10. The average molecular weight is 367 g/mol. The fourth-order valence-electron chi connectivity index (χ4n) is 2.21. The van der Waals surface area contributed by atoms with Crippen molar-refractivity contribution < 1.29 is 13.2 Å². The minimum Gasteiger partial charge on any atom is -0.354 e. The zero-order valence-electron chi connectivity index (χ0n) is 11.2. The molecule has 2 nitrogen and oxygen atoms in total. The highest BCUT2D eigenvalue weighted by molar-refractivity contribution is 9.10. The Bertz CT molecular complexity index is 831. The molecule has 2 aromatic carbocycles. The first-order valence-electron chi connectivity index (χ1n) is 6.43. The Hall–Kier alpha value is -2.08. The van der Waals surface area contributed by atoms with E-state index in [0.717, 1.165) is 15.9 Å². The van der Waals surface area contributed by atoms with Gasteiger partial charge in [-0.2, -0.15) is 13.2 Å². The quantitative estimate of drug-likeness (QED) is 0.623. The van der Waals surface area contributed by atoms with Gasteiger partial charge < -0.3 is 5.32 Å². The minimum atomic E-state index is -4.41. The van der Waals surface area contributed by atoms with Crippen LogP contribution in [0.15, 0.2) is 59.2 Å². The summed E-state index contributed by atoms with van der Waals surface area (Å²) in [5.74, 6) is 0. The molecule has 3 aromatic rings. The summed E-state index contributed by atoms with van der Waals surface area (Å²) in [6.45, 7) is 0. The molecule has 1 heterocycles. The predicted molar refractivity (Wildman–Crippen MR) is 84.2 cm³/mol. The summed E-state index contributed by atoms with van der Waals surface area (Å²) in [6, 6.07) is 12.5. The highest BCUT2D eigenvalue weighted by Crippen LogP contribution is 2.37. The van der Waals surface area contributed by atoms with Gasteiger partial charge in [0, 0.05) is 21.7 Å². The lowest BCUT2D eigenvalue weighted by molar-refractivity contribution is -0.136. The number of halogens is 4. The van der Waals surface area contributed by atoms with Crippen molar-refractivity contribution in [2.75, 3.05) is 5.32 Å². The molecule has 0 atom stereocenters. The fourth-order valence-corrected chi connectivity index (χ4v) is 2.57. The Morgan fingerprint density at radius 3 is 2.50 bits per heavy atom. The van der Waals surface area contributed by atoms with Gasteiger partial charge in [-0.1, -0.05) is 28.1 Å². The van der Waals surface area contributed by atoms with Gasteiger partial charge >= 0.3 is 6.18 Å². The van der Waals surface area contributed by atoms with Crippen LogP contribution in [-0.2, 0) is 6.18 Å². The highest BCUT2D eigenvalue weighted by Gasteiger charge is 2.33. The van der Waals surface area contributed by atoms with E-state index in [1.165, 1.54) is 12.1 Å². The molecule has 22 heavy (non-hydrogen) atoms. The first kappa shape index (κ1) is 14.8. The third kappa shape index (κ3) is 2.92. The lowest BCUT2D eigenvalue weighted by Crippen LogP contribution is -2.08. The van der Waals surface area contributed by atoms with Crippen LogP contribution in [0.1, 0.15) is 5.56 Å². The van der Waals surface area contributed by atoms with Crippen molar-refractivity contribution in [2.24, 2.45) is 0 Å². The van der Waals surface area contributed by atoms with E-state index in [9.17, 15) is 13.2 Å². The number of nitrogens with zero attached hydrogens (tertiary/aromatic N) is 1. The van der Waals surface area contributed by atoms with Crippen LogP contribution in [-0.4, -0.2) is 4.98 Å². The van der Waals surface area contributed by atoms with Crippen molar-refractivity contribution >= 4 is 38.2 Å². The summed E-state index contributed by atoms with van der Waals surface area (Å²) in [5.41, 5.74) is 0.595. The molecule has 0 amide bonds. The number of nitrogens with one attached hydrogen (secondary N) is 1. The number of aromatic nitrogens is 1. The number of anilines is 2. The van der Waals surface area contributed by atoms with Crippen LogP contribution in [0.5, 0.6) is 0 Å². The molecule has 0 saturated heterocycles. The SMILES string of the molecule is FC(F)(F)c1ccccc1Nc1ccnc2ccc(Br)cc12. The summed E-state index contributed by atoms with van der Waals surface area (Å²) < 4.78 is 40.0. The molecule has 0 bridgehead atoms. The first-order chi connectivity index (χ1) is 10.4. The number of benzene rings is 2. The summed E-state index contributed by atoms with van der Waals surface area (Å²) in [4.78, 5) is 4.21. The van der Waals surface area contributed by atoms with Crippen molar-refractivity contribution in [1.82, 2.24) is 4.98 Å². The maximum absolute atomic E-state index is 13.1. The van der Waals surface area contributed by atoms with Gasteiger partial charge in [0.15, 0.2) is 0 Å². The molecule has 0 aliphatic rings. The maximum Gasteiger partial charge on any atom is 0.418 e. The van der Waals surface area contributed by atoms with Crippen molar-refractivity contribution in [2.45, 2.75) is 6.18 Å². The Kier molecular flexibility index (Phi) is 3.78. The van der Waals surface area contributed by atoms with Gasteiger partial charge in [-0.3, -0.25) is 4.98 Å². The molecule has 1 N–H and O–H groups in total. The zero-order chi connectivity index (χ0) is 15.7. The second-order valence-electron chi connectivity index (χ2n) is 4.69. The molecular weight excluding hydrogens is 357 g/mol. The lowest BCUT2D eigenvalue weighted by atomic mass is 10.1. The van der Waals surface area contributed by atoms with E-state index in [1.807, 2.05) is 12.1 Å². The number of para-hydroxylation sites is 1. The third-order valence-corrected chi connectivity index (χ3v) is 3.70. The van der Waals surface area contributed by atoms with Crippen LogP contribution in [0.2, 0.25) is 0 Å². The van der Waals surface area contributed by atoms with Crippen LogP contribution < -0.4 is 5.32 Å². The summed E-state index contributed by atoms with van der Waals surface area (Å²) in [6.07, 6.45) is -2.85. The van der Waals surface area contributed by atoms with Crippen molar-refractivity contribution in [3.63, 3.8) is 0 Å². The number of hydrogen-bond donors (Lipinski definition) is 1. The van der Waals surface area contributed by atoms with E-state index in [-0.39, 0.29) is 5.69 Å². The molecule has 0 spiro atoms. The predicted octanol–water partition coefficient (Wildman–Crippen LogP) is 5.76. The normalized spacial score (nSPS) is 11.6. The Morgan fingerprint density at radius 2 is 1.73 bits per heavy atom. The van der Waals surface area contributed by atoms with E-state index in [4.69, 9.17) is 0 Å². The molecule has 0 radical (unpaired) electrons. The smallest absolute Gasteiger partial charge is 0.354 e. The minimum absolute atomic E-state index is 0.0162. The van der Waals surface area contributed by atoms with E-state index in [2.05, 4.69) is 26.2 Å². The number of fused-ring (bicyclic) bond motifs is 1. The zero-order valence-corrected chi connectivity index (χ0v) is 12.7. The Labute approximate surface area is 133 Å². The molecule has 6 heteroatoms. The molecule has 0 aliphatic heterocycles. The van der Waals surface area contributed by atoms with Gasteiger partial charge in [0.1, 0.15) is 0 Å². The molecule has 0 saturated carbocycles. The lowest BCUT2D eigenvalue weighted by Gasteiger charge is -2.15. The number of hydrogen-bond acceptors (Lipinski definition) is 2. The van der Waals surface area contributed by atoms with Crippen molar-refractivity contribution in [3.05, 3.63) is 64.8 Å². The van der Waals surface area contributed by atoms with Gasteiger partial charge in [-0.05, 0) is 36.4 Å². The summed E-state index contributed by atoms with van der Waals surface area (Å²) >= 11 is 3.36. The highest BCUT2D eigenvalue weighted by atomic mass is 79.9. The number of alkyl halides is 3. The molecule has 1 aromatic heterocycles. The van der Waals surface area contributed by atoms with E-state index in [0.29, 0.717) is 11.2 Å². The topological polar surface area (TPSA) is 24.9 Å². The van der Waals surface area contributed by atoms with E-state index in [1.54, 1.807) is 24.4 Å². The van der Waals surface area contributed by atoms with Crippen LogP contribution in [0.4, 0.5) is 24.5 Å². The molecular formula is C16H10BrF3N2. The molecule has 112 valence electrons. The number of pyridine rings is 1. The molecule has 0 aliphatic carbocycles. The van der Waals surface area contributed by atoms with Crippen LogP contribution in [0.3, 0.4) is 0 Å². The van der Waals surface area contributed by atoms with Gasteiger partial charge in [-0.15, -0.1) is 0 Å². The molecule has 3 rings (SSSR count). The van der Waals surface area contributed by atoms with Crippen LogP contribution in [0, 0.1) is 0 Å². The van der Waals surface area contributed by atoms with Gasteiger partial charge in [-0.25, -0.2) is 0 Å². The molecule has 0 fully saturated rings. The monoisotopic (exact) mass is 366 g/mol. The maximum atomic E-state index is 13.1. The molecule has 0 unspecified atom stereocenters. The fraction of sp³-hybridized carbons (Fsp3) is 0.0625. The average Bonchev–Trinajstić information content (AvgIpc) is 2.47. The van der Waals surface area contributed by atoms with Crippen LogP contribution >= 0.6 is 15.9 Å². The van der Waals surface area contributed by atoms with Crippen molar-refractivity contribution in [3.8, 4) is 0 Å². The van der Waals surface area contributed by atoms with Crippen LogP contribution in [0.25, 0.3) is 10.9 Å². The van der Waals surface area contributed by atoms with Crippen molar-refractivity contribution in [1.29, 1.82) is 0 Å². The largest absolute Gasteiger partial charge is 0.418 e. The second kappa shape index (κ2) is 5.61. The third-order valence-electron chi connectivity index (χ3n) is 3.21.